The van der Waals surface area contributed by atoms with Crippen LogP contribution in [0.15, 0.2) is 37.6 Å². The summed E-state index contributed by atoms with van der Waals surface area (Å²) in [6, 6.07) is -0.142. The number of aromatic amines is 2. The van der Waals surface area contributed by atoms with Crippen LogP contribution in [-0.4, -0.2) is 77.8 Å². The van der Waals surface area contributed by atoms with Gasteiger partial charge in [0, 0.05) is 37.0 Å². The zero-order valence-electron chi connectivity index (χ0n) is 19.4. The number of H-pyrrole nitrogens is 2. The van der Waals surface area contributed by atoms with Crippen LogP contribution >= 0.6 is 7.75 Å². The summed E-state index contributed by atoms with van der Waals surface area (Å²) in [6.07, 6.45) is -4.45. The van der Waals surface area contributed by atoms with Crippen molar-refractivity contribution < 1.29 is 33.7 Å². The Balaban J connectivity index is 1.41. The van der Waals surface area contributed by atoms with Gasteiger partial charge in [-0.25, -0.2) is 19.2 Å². The molecule has 2 aromatic heterocycles. The van der Waals surface area contributed by atoms with E-state index in [9.17, 15) is 38.8 Å². The van der Waals surface area contributed by atoms with Crippen LogP contribution < -0.4 is 33.3 Å². The minimum atomic E-state index is -4.64. The summed E-state index contributed by atoms with van der Waals surface area (Å²) in [5, 5.41) is 22.3. The third-order valence-electron chi connectivity index (χ3n) is 6.11. The van der Waals surface area contributed by atoms with Crippen molar-refractivity contribution in [2.75, 3.05) is 13.2 Å². The van der Waals surface area contributed by atoms with Gasteiger partial charge in [0.25, 0.3) is 11.1 Å². The van der Waals surface area contributed by atoms with Crippen molar-refractivity contribution in [3.05, 3.63) is 65.7 Å². The summed E-state index contributed by atoms with van der Waals surface area (Å²) in [4.78, 5) is 61.6. The Morgan fingerprint density at radius 3 is 2.57 bits per heavy atom. The van der Waals surface area contributed by atoms with Crippen molar-refractivity contribution in [2.45, 2.75) is 56.3 Å². The zero-order valence-corrected chi connectivity index (χ0v) is 20.3. The molecule has 18 heteroatoms. The summed E-state index contributed by atoms with van der Waals surface area (Å²) in [7, 11) is -4.64. The monoisotopic (exact) mass is 546 g/mol. The fraction of sp³-hybridized carbons (Fsp3) is 0.579. The number of hydrogen-bond donors (Lipinski definition) is 7. The van der Waals surface area contributed by atoms with Gasteiger partial charge in [0.2, 0.25) is 0 Å². The number of aryl methyl sites for hydroxylation is 1. The van der Waals surface area contributed by atoms with E-state index in [0.29, 0.717) is 0 Å². The van der Waals surface area contributed by atoms with Crippen LogP contribution in [-0.2, 0) is 18.6 Å². The van der Waals surface area contributed by atoms with Crippen molar-refractivity contribution >= 4 is 7.75 Å². The molecule has 0 amide bonds. The highest BCUT2D eigenvalue weighted by Crippen LogP contribution is 2.44. The first kappa shape index (κ1) is 27.3. The number of nitrogens with zero attached hydrogens (tertiary/aromatic N) is 2. The molecule has 4 rings (SSSR count). The highest BCUT2D eigenvalue weighted by molar-refractivity contribution is 7.50. The van der Waals surface area contributed by atoms with Gasteiger partial charge in [0.15, 0.2) is 6.23 Å². The van der Waals surface area contributed by atoms with Crippen LogP contribution in [0.5, 0.6) is 0 Å². The fourth-order valence-corrected chi connectivity index (χ4v) is 5.29. The Morgan fingerprint density at radius 1 is 1.19 bits per heavy atom. The molecule has 0 aromatic carbocycles. The Kier molecular flexibility index (Phi) is 7.80. The molecule has 1 unspecified atom stereocenters. The molecule has 204 valence electrons. The first-order valence-corrected chi connectivity index (χ1v) is 12.7. The van der Waals surface area contributed by atoms with Gasteiger partial charge >= 0.3 is 19.1 Å². The van der Waals surface area contributed by atoms with Gasteiger partial charge in [0.1, 0.15) is 18.4 Å². The lowest BCUT2D eigenvalue weighted by Crippen LogP contribution is -2.44. The smallest absolute Gasteiger partial charge is 0.394 e. The van der Waals surface area contributed by atoms with E-state index in [0.717, 1.165) is 21.4 Å². The molecular weight excluding hydrogens is 519 g/mol. The van der Waals surface area contributed by atoms with Crippen molar-refractivity contribution in [3.63, 3.8) is 0 Å². The van der Waals surface area contributed by atoms with Gasteiger partial charge < -0.3 is 30.3 Å². The molecule has 2 aliphatic rings. The number of nitrogens with one attached hydrogen (secondary N) is 3. The lowest BCUT2D eigenvalue weighted by atomic mass is 10.1. The Morgan fingerprint density at radius 2 is 1.89 bits per heavy atom. The second kappa shape index (κ2) is 10.6. The van der Waals surface area contributed by atoms with Crippen LogP contribution in [0.25, 0.3) is 0 Å². The predicted octanol–water partition coefficient (Wildman–Crippen LogP) is -3.66. The van der Waals surface area contributed by atoms with E-state index in [1.165, 1.54) is 13.1 Å². The van der Waals surface area contributed by atoms with Gasteiger partial charge in [-0.3, -0.25) is 33.2 Å². The van der Waals surface area contributed by atoms with Crippen molar-refractivity contribution in [1.82, 2.24) is 24.2 Å². The number of aliphatic hydroxyl groups excluding tert-OH is 2. The summed E-state index contributed by atoms with van der Waals surface area (Å²) < 4.78 is 31.3. The Labute approximate surface area is 207 Å². The normalized spacial score (nSPS) is 31.4. The largest absolute Gasteiger partial charge is 0.403 e. The number of rotatable bonds is 8. The molecule has 0 aliphatic carbocycles. The lowest BCUT2D eigenvalue weighted by molar-refractivity contribution is -0.0447. The number of nitrogens with two attached hydrogens (primary N) is 1. The third kappa shape index (κ3) is 5.74. The van der Waals surface area contributed by atoms with Crippen molar-refractivity contribution in [2.24, 2.45) is 5.73 Å². The summed E-state index contributed by atoms with van der Waals surface area (Å²) in [5.41, 5.74) is 3.57. The topological polar surface area (TPSA) is 253 Å². The molecule has 0 bridgehead atoms. The predicted molar refractivity (Wildman–Crippen MR) is 124 cm³/mol. The first-order valence-electron chi connectivity index (χ1n) is 11.2. The lowest BCUT2D eigenvalue weighted by Gasteiger charge is -2.25. The summed E-state index contributed by atoms with van der Waals surface area (Å²) in [6.45, 7) is 0.456. The molecule has 0 spiro atoms. The highest BCUT2D eigenvalue weighted by atomic mass is 31.2. The van der Waals surface area contributed by atoms with Crippen molar-refractivity contribution in [3.8, 4) is 0 Å². The van der Waals surface area contributed by atoms with Crippen LogP contribution in [0.4, 0.5) is 0 Å². The number of aliphatic hydroxyl groups is 2. The molecule has 0 saturated carbocycles. The van der Waals surface area contributed by atoms with Crippen LogP contribution in [0, 0.1) is 6.92 Å². The minimum absolute atomic E-state index is 0.0299. The Bertz CT molecular complexity index is 1420. The van der Waals surface area contributed by atoms with E-state index in [1.54, 1.807) is 0 Å². The van der Waals surface area contributed by atoms with Gasteiger partial charge in [-0.2, -0.15) is 0 Å². The van der Waals surface area contributed by atoms with E-state index in [2.05, 4.69) is 10.1 Å². The quantitative estimate of drug-likeness (QED) is 0.158. The van der Waals surface area contributed by atoms with E-state index < -0.39 is 79.8 Å². The fourth-order valence-electron chi connectivity index (χ4n) is 4.20. The van der Waals surface area contributed by atoms with E-state index in [4.69, 9.17) is 19.7 Å². The molecule has 4 heterocycles. The standard InChI is InChI=1S/C19H27N6O11P/c1-8-6-25(19(31)23-16(8)29)13-4-9(27)10(34-13)5-21-37(32,33)36-15-11(7-26)35-17(14(15)20)24-3-2-12(28)22-18(24)30/h2-3,6,9-11,13-15,17,26-27H,4-5,7,20H2,1H3,(H2,21,32,33)(H,22,28,30)(H,23,29,31)/t9-,10+,11+,13+,14+,15+,17+/m0/s1. The average Bonchev–Trinajstić information content (AvgIpc) is 3.34. The molecule has 17 nitrogen and oxygen atoms in total. The van der Waals surface area contributed by atoms with Gasteiger partial charge in [-0.05, 0) is 6.92 Å². The van der Waals surface area contributed by atoms with E-state index in [-0.39, 0.29) is 18.5 Å². The number of aromatic nitrogens is 4. The molecule has 2 aliphatic heterocycles. The SMILES string of the molecule is Cc1cn([C@H]2C[C@H](O)[C@@H](CNP(=O)(O)O[C@H]3[C@@H](N)[C@H](n4ccc(=O)[nH]c4=O)O[C@@H]3CO)O2)c(=O)[nH]c1=O. The third-order valence-corrected chi connectivity index (χ3v) is 7.22. The first-order chi connectivity index (χ1) is 17.4. The number of hydrogen-bond acceptors (Lipinski definition) is 11. The molecule has 0 radical (unpaired) electrons. The van der Waals surface area contributed by atoms with Crippen LogP contribution in [0.2, 0.25) is 0 Å². The minimum Gasteiger partial charge on any atom is -0.394 e. The second-order valence-electron chi connectivity index (χ2n) is 8.71. The second-order valence-corrected chi connectivity index (χ2v) is 10.3. The molecule has 2 aromatic rings. The highest BCUT2D eigenvalue weighted by Gasteiger charge is 2.47. The van der Waals surface area contributed by atoms with E-state index >= 15 is 0 Å². The maximum absolute atomic E-state index is 12.8. The summed E-state index contributed by atoms with van der Waals surface area (Å²) in [5.74, 6) is 0. The van der Waals surface area contributed by atoms with Crippen molar-refractivity contribution in [1.29, 1.82) is 0 Å². The van der Waals surface area contributed by atoms with Crippen LogP contribution in [0.3, 0.4) is 0 Å². The maximum atomic E-state index is 12.8. The summed E-state index contributed by atoms with van der Waals surface area (Å²) >= 11 is 0. The molecule has 2 fully saturated rings. The maximum Gasteiger partial charge on any atom is 0.403 e. The molecule has 2 saturated heterocycles. The molecule has 37 heavy (non-hydrogen) atoms. The van der Waals surface area contributed by atoms with E-state index in [1.807, 2.05) is 4.98 Å². The van der Waals surface area contributed by atoms with Gasteiger partial charge in [-0.1, -0.05) is 0 Å². The van der Waals surface area contributed by atoms with Gasteiger partial charge in [0.05, 0.1) is 24.9 Å². The molecular formula is C19H27N6O11P. The molecule has 8 N–H and O–H groups in total. The Hall–Kier alpha value is -2.73. The number of ether oxygens (including phenoxy) is 2. The zero-order chi connectivity index (χ0) is 27.1. The van der Waals surface area contributed by atoms with Gasteiger partial charge in [-0.15, -0.1) is 0 Å². The van der Waals surface area contributed by atoms with Crippen LogP contribution in [0.1, 0.15) is 24.4 Å². The molecule has 8 atom stereocenters. The average molecular weight is 546 g/mol.